The van der Waals surface area contributed by atoms with Gasteiger partial charge in [-0.05, 0) is 77.0 Å². The Morgan fingerprint density at radius 3 is 1.21 bits per heavy atom. The highest BCUT2D eigenvalue weighted by molar-refractivity contribution is 7.47. The van der Waals surface area contributed by atoms with Gasteiger partial charge < -0.3 is 24.6 Å². The summed E-state index contributed by atoms with van der Waals surface area (Å²) < 4.78 is 32.5. The summed E-state index contributed by atoms with van der Waals surface area (Å²) in [6.07, 6.45) is 45.8. The van der Waals surface area contributed by atoms with E-state index in [0.717, 1.165) is 109 Å². The number of hydrogen-bond donors (Lipinski definition) is 3. The van der Waals surface area contributed by atoms with Crippen LogP contribution < -0.4 is 0 Å². The van der Waals surface area contributed by atoms with Gasteiger partial charge >= 0.3 is 19.8 Å². The van der Waals surface area contributed by atoms with Crippen molar-refractivity contribution in [2.75, 3.05) is 26.4 Å². The minimum absolute atomic E-state index is 0.171. The van der Waals surface area contributed by atoms with Crippen LogP contribution in [0.25, 0.3) is 0 Å². The molecular weight excluding hydrogens is 731 g/mol. The van der Waals surface area contributed by atoms with Gasteiger partial charge in [0, 0.05) is 12.8 Å². The summed E-state index contributed by atoms with van der Waals surface area (Å²) in [5.74, 6) is -1.05. The predicted octanol–water partition coefficient (Wildman–Crippen LogP) is 11.3. The van der Waals surface area contributed by atoms with Crippen LogP contribution in [0.2, 0.25) is 0 Å². The van der Waals surface area contributed by atoms with Crippen LogP contribution in [0.4, 0.5) is 0 Å². The van der Waals surface area contributed by atoms with Crippen molar-refractivity contribution >= 4 is 19.8 Å². The van der Waals surface area contributed by atoms with Gasteiger partial charge in [-0.3, -0.25) is 18.6 Å². The van der Waals surface area contributed by atoms with Crippen molar-refractivity contribution in [3.05, 3.63) is 72.9 Å². The van der Waals surface area contributed by atoms with Crippen molar-refractivity contribution in [3.63, 3.8) is 0 Å². The third kappa shape index (κ3) is 38.3. The van der Waals surface area contributed by atoms with E-state index in [2.05, 4.69) is 86.8 Å². The van der Waals surface area contributed by atoms with E-state index in [1.54, 1.807) is 0 Å². The molecule has 0 radical (unpaired) electrons. The quantitative estimate of drug-likeness (QED) is 0.0237. The fourth-order valence-electron chi connectivity index (χ4n) is 5.36. The first-order chi connectivity index (χ1) is 27.3. The average molecular weight is 809 g/mol. The molecule has 0 aliphatic carbocycles. The van der Waals surface area contributed by atoms with E-state index < -0.39 is 58.4 Å². The van der Waals surface area contributed by atoms with Gasteiger partial charge in [0.25, 0.3) is 0 Å². The van der Waals surface area contributed by atoms with Crippen molar-refractivity contribution in [2.24, 2.45) is 0 Å². The number of carbonyl (C=O) groups excluding carboxylic acids is 2. The highest BCUT2D eigenvalue weighted by atomic mass is 31.2. The zero-order valence-corrected chi connectivity index (χ0v) is 35.7. The van der Waals surface area contributed by atoms with Crippen molar-refractivity contribution in [2.45, 2.75) is 174 Å². The molecule has 0 aliphatic rings. The van der Waals surface area contributed by atoms with Crippen LogP contribution >= 0.6 is 7.82 Å². The Labute approximate surface area is 339 Å². The summed E-state index contributed by atoms with van der Waals surface area (Å²) in [7, 11) is -4.65. The van der Waals surface area contributed by atoms with E-state index in [9.17, 15) is 29.3 Å². The lowest BCUT2D eigenvalue weighted by Crippen LogP contribution is -2.28. The highest BCUT2D eigenvalue weighted by Gasteiger charge is 2.27. The Hall–Kier alpha value is -2.59. The molecule has 0 heterocycles. The molecule has 3 N–H and O–H groups in total. The van der Waals surface area contributed by atoms with Gasteiger partial charge in [0.05, 0.1) is 26.4 Å². The molecule has 0 rings (SSSR count). The fraction of sp³-hybridized carbons (Fsp3) is 0.689. The number of rotatable bonds is 39. The lowest BCUT2D eigenvalue weighted by molar-refractivity contribution is -0.153. The Morgan fingerprint density at radius 1 is 0.500 bits per heavy atom. The van der Waals surface area contributed by atoms with Crippen molar-refractivity contribution < 1.29 is 47.8 Å². The Kier molecular flexibility index (Phi) is 38.7. The number of unbranched alkanes of at least 4 members (excludes halogenated alkanes) is 13. The van der Waals surface area contributed by atoms with Gasteiger partial charge in [-0.25, -0.2) is 4.57 Å². The topological polar surface area (TPSA) is 149 Å². The SMILES string of the molecule is CC/C=C\C/C=C\C/C=C\C/C=C\CCCCCCCCC(=O)OC(CO)COP(=O)(O)OCC(CO)OC(=O)CCCCCCC/C=C\C/C=C\CCCC. The molecule has 0 spiro atoms. The van der Waals surface area contributed by atoms with E-state index in [1.165, 1.54) is 12.8 Å². The molecule has 0 amide bonds. The lowest BCUT2D eigenvalue weighted by atomic mass is 10.1. The maximum atomic E-state index is 12.4. The third-order valence-electron chi connectivity index (χ3n) is 8.65. The van der Waals surface area contributed by atoms with Gasteiger partial charge in [-0.2, -0.15) is 0 Å². The lowest BCUT2D eigenvalue weighted by Gasteiger charge is -2.20. The van der Waals surface area contributed by atoms with Gasteiger partial charge in [0.2, 0.25) is 0 Å². The molecule has 0 aromatic carbocycles. The normalized spacial score (nSPS) is 14.6. The van der Waals surface area contributed by atoms with Gasteiger partial charge in [-0.1, -0.05) is 145 Å². The standard InChI is InChI=1S/C45H77O10P/c1-3-5-7-9-11-13-15-17-19-20-21-22-23-25-27-29-31-33-35-37-45(49)55-43(39-47)41-53-56(50,51)52-40-42(38-46)54-44(48)36-34-32-30-28-26-24-18-16-14-12-10-8-6-4-2/h5,7,10-13,16-19,21-22,42-43,46-47H,3-4,6,8-9,14-15,20,23-41H2,1-2H3,(H,50,51)/b7-5-,12-10-,13-11-,18-16-,19-17-,22-21-. The molecule has 0 saturated carbocycles. The van der Waals surface area contributed by atoms with Crippen LogP contribution in [0.15, 0.2) is 72.9 Å². The first-order valence-electron chi connectivity index (χ1n) is 21.4. The van der Waals surface area contributed by atoms with Gasteiger partial charge in [0.15, 0.2) is 0 Å². The van der Waals surface area contributed by atoms with Gasteiger partial charge in [-0.15, -0.1) is 0 Å². The summed E-state index contributed by atoms with van der Waals surface area (Å²) in [5.41, 5.74) is 0. The number of allylic oxidation sites excluding steroid dienone is 12. The van der Waals surface area contributed by atoms with Crippen LogP contribution in [-0.2, 0) is 32.7 Å². The summed E-state index contributed by atoms with van der Waals surface area (Å²) in [6.45, 7) is 2.00. The summed E-state index contributed by atoms with van der Waals surface area (Å²) in [4.78, 5) is 34.5. The fourth-order valence-corrected chi connectivity index (χ4v) is 6.14. The van der Waals surface area contributed by atoms with Crippen molar-refractivity contribution in [1.29, 1.82) is 0 Å². The number of aliphatic hydroxyl groups is 2. The Bertz CT molecular complexity index is 1160. The van der Waals surface area contributed by atoms with E-state index in [4.69, 9.17) is 18.5 Å². The molecule has 11 heteroatoms. The number of phosphoric acid groups is 1. The number of hydrogen-bond acceptors (Lipinski definition) is 9. The predicted molar refractivity (Wildman–Crippen MR) is 228 cm³/mol. The second-order valence-electron chi connectivity index (χ2n) is 13.9. The number of phosphoric ester groups is 1. The average Bonchev–Trinajstić information content (AvgIpc) is 3.19. The first-order valence-corrected chi connectivity index (χ1v) is 22.9. The second kappa shape index (κ2) is 40.6. The van der Waals surface area contributed by atoms with E-state index in [-0.39, 0.29) is 12.8 Å². The molecule has 0 aromatic rings. The molecule has 3 atom stereocenters. The summed E-state index contributed by atoms with van der Waals surface area (Å²) >= 11 is 0. The maximum absolute atomic E-state index is 12.4. The van der Waals surface area contributed by atoms with Crippen LogP contribution in [0, 0.1) is 0 Å². The van der Waals surface area contributed by atoms with Gasteiger partial charge in [0.1, 0.15) is 12.2 Å². The van der Waals surface area contributed by atoms with E-state index in [1.807, 2.05) is 0 Å². The zero-order valence-electron chi connectivity index (χ0n) is 34.8. The van der Waals surface area contributed by atoms with Crippen molar-refractivity contribution in [1.82, 2.24) is 0 Å². The molecule has 0 aliphatic heterocycles. The third-order valence-corrected chi connectivity index (χ3v) is 9.60. The van der Waals surface area contributed by atoms with E-state index >= 15 is 0 Å². The van der Waals surface area contributed by atoms with E-state index in [0.29, 0.717) is 12.8 Å². The minimum atomic E-state index is -4.65. The Balaban J connectivity index is 3.98. The van der Waals surface area contributed by atoms with Crippen LogP contribution in [0.1, 0.15) is 162 Å². The zero-order chi connectivity index (χ0) is 41.2. The molecule has 10 nitrogen and oxygen atoms in total. The molecular formula is C45H77O10P. The monoisotopic (exact) mass is 809 g/mol. The molecule has 3 unspecified atom stereocenters. The largest absolute Gasteiger partial charge is 0.472 e. The number of carbonyl (C=O) groups is 2. The Morgan fingerprint density at radius 2 is 0.839 bits per heavy atom. The minimum Gasteiger partial charge on any atom is -0.457 e. The maximum Gasteiger partial charge on any atom is 0.472 e. The smallest absolute Gasteiger partial charge is 0.457 e. The summed E-state index contributed by atoms with van der Waals surface area (Å²) in [5, 5.41) is 19.2. The highest BCUT2D eigenvalue weighted by Crippen LogP contribution is 2.43. The van der Waals surface area contributed by atoms with Crippen LogP contribution in [0.3, 0.4) is 0 Å². The van der Waals surface area contributed by atoms with Crippen LogP contribution in [-0.4, -0.2) is 65.7 Å². The number of aliphatic hydroxyl groups excluding tert-OH is 2. The second-order valence-corrected chi connectivity index (χ2v) is 15.4. The first kappa shape index (κ1) is 53.4. The molecule has 0 bridgehead atoms. The summed E-state index contributed by atoms with van der Waals surface area (Å²) in [6, 6.07) is 0. The molecule has 56 heavy (non-hydrogen) atoms. The molecule has 0 saturated heterocycles. The number of esters is 2. The molecule has 0 aromatic heterocycles. The number of ether oxygens (including phenoxy) is 2. The van der Waals surface area contributed by atoms with Crippen molar-refractivity contribution in [3.8, 4) is 0 Å². The van der Waals surface area contributed by atoms with Crippen LogP contribution in [0.5, 0.6) is 0 Å². The molecule has 0 fully saturated rings. The molecule has 322 valence electrons.